The lowest BCUT2D eigenvalue weighted by molar-refractivity contribution is 0.385. The average molecular weight is 485 g/mol. The first-order chi connectivity index (χ1) is 14.5. The number of hydrogen-bond donors (Lipinski definition) is 0. The van der Waals surface area contributed by atoms with Crippen LogP contribution in [0.4, 0.5) is 0 Å². The molecule has 6 nitrogen and oxygen atoms in total. The number of thioether (sulfide) groups is 1. The topological polar surface area (TPSA) is 73.8 Å². The average Bonchev–Trinajstić information content (AvgIpc) is 3.17. The van der Waals surface area contributed by atoms with Crippen molar-refractivity contribution in [3.8, 4) is 0 Å². The fourth-order valence-corrected chi connectivity index (χ4v) is 4.34. The van der Waals surface area contributed by atoms with Crippen LogP contribution in [0.1, 0.15) is 31.1 Å². The number of halogens is 1. The van der Waals surface area contributed by atoms with E-state index in [1.165, 1.54) is 11.8 Å². The molecule has 0 saturated heterocycles. The molecule has 2 aromatic carbocycles. The van der Waals surface area contributed by atoms with Crippen LogP contribution in [0.3, 0.4) is 0 Å². The van der Waals surface area contributed by atoms with E-state index in [0.29, 0.717) is 52.4 Å². The molecule has 2 aromatic heterocycles. The van der Waals surface area contributed by atoms with Gasteiger partial charge in [-0.3, -0.25) is 9.36 Å². The van der Waals surface area contributed by atoms with Crippen molar-refractivity contribution in [3.05, 3.63) is 80.6 Å². The van der Waals surface area contributed by atoms with Gasteiger partial charge in [0.15, 0.2) is 11.0 Å². The van der Waals surface area contributed by atoms with E-state index in [-0.39, 0.29) is 5.56 Å². The van der Waals surface area contributed by atoms with E-state index in [1.54, 1.807) is 4.57 Å². The van der Waals surface area contributed by atoms with Crippen molar-refractivity contribution in [1.29, 1.82) is 0 Å². The molecule has 0 unspecified atom stereocenters. The molecule has 0 amide bonds. The summed E-state index contributed by atoms with van der Waals surface area (Å²) in [4.78, 5) is 22.3. The number of fused-ring (bicyclic) bond motifs is 1. The van der Waals surface area contributed by atoms with Gasteiger partial charge in [0.2, 0.25) is 5.89 Å². The second-order valence-corrected chi connectivity index (χ2v) is 9.28. The molecular formula is C22H21BrN4O2S. The lowest BCUT2D eigenvalue weighted by Crippen LogP contribution is -2.25. The van der Waals surface area contributed by atoms with Gasteiger partial charge in [0.1, 0.15) is 0 Å². The number of benzene rings is 2. The predicted molar refractivity (Wildman–Crippen MR) is 122 cm³/mol. The molecule has 0 atom stereocenters. The minimum atomic E-state index is -0.0344. The van der Waals surface area contributed by atoms with Crippen LogP contribution in [0.5, 0.6) is 0 Å². The lowest BCUT2D eigenvalue weighted by Gasteiger charge is -2.14. The summed E-state index contributed by atoms with van der Waals surface area (Å²) < 4.78 is 8.01. The van der Waals surface area contributed by atoms with Gasteiger partial charge in [-0.05, 0) is 29.7 Å². The van der Waals surface area contributed by atoms with Gasteiger partial charge < -0.3 is 4.52 Å². The molecule has 0 fully saturated rings. The molecule has 8 heteroatoms. The molecule has 4 rings (SSSR count). The van der Waals surface area contributed by atoms with Crippen LogP contribution < -0.4 is 5.56 Å². The second kappa shape index (κ2) is 9.14. The van der Waals surface area contributed by atoms with Crippen molar-refractivity contribution in [2.75, 3.05) is 0 Å². The van der Waals surface area contributed by atoms with Crippen LogP contribution in [0.2, 0.25) is 0 Å². The standard InChI is InChI=1S/C22H21BrN4O2S/c1-14(2)12-27-21(28)17-11-16(23)8-9-18(17)24-22(27)30-13-20-25-19(26-29-20)10-15-6-4-3-5-7-15/h3-9,11,14H,10,12-13H2,1-2H3. The van der Waals surface area contributed by atoms with Crippen molar-refractivity contribution >= 4 is 38.6 Å². The molecule has 0 saturated carbocycles. The number of aromatic nitrogens is 4. The van der Waals surface area contributed by atoms with Gasteiger partial charge in [-0.1, -0.05) is 77.0 Å². The van der Waals surface area contributed by atoms with Gasteiger partial charge in [0.25, 0.3) is 5.56 Å². The molecule has 0 bridgehead atoms. The monoisotopic (exact) mass is 484 g/mol. The fraction of sp³-hybridized carbons (Fsp3) is 0.273. The molecule has 0 aliphatic rings. The van der Waals surface area contributed by atoms with Gasteiger partial charge in [0.05, 0.1) is 16.7 Å². The van der Waals surface area contributed by atoms with Crippen LogP contribution in [-0.4, -0.2) is 19.7 Å². The zero-order valence-electron chi connectivity index (χ0n) is 16.7. The zero-order valence-corrected chi connectivity index (χ0v) is 19.1. The highest BCUT2D eigenvalue weighted by molar-refractivity contribution is 9.10. The van der Waals surface area contributed by atoms with Crippen LogP contribution in [-0.2, 0) is 18.7 Å². The summed E-state index contributed by atoms with van der Waals surface area (Å²) in [6, 6.07) is 15.6. The maximum Gasteiger partial charge on any atom is 0.262 e. The van der Waals surface area contributed by atoms with Gasteiger partial charge in [-0.15, -0.1) is 0 Å². The normalized spacial score (nSPS) is 11.5. The quantitative estimate of drug-likeness (QED) is 0.269. The number of hydrogen-bond acceptors (Lipinski definition) is 6. The summed E-state index contributed by atoms with van der Waals surface area (Å²) in [7, 11) is 0. The van der Waals surface area contributed by atoms with Crippen LogP contribution in [0.15, 0.2) is 67.5 Å². The zero-order chi connectivity index (χ0) is 21.1. The minimum Gasteiger partial charge on any atom is -0.338 e. The molecule has 154 valence electrons. The lowest BCUT2D eigenvalue weighted by atomic mass is 10.1. The summed E-state index contributed by atoms with van der Waals surface area (Å²) in [5.74, 6) is 1.93. The first kappa shape index (κ1) is 20.8. The van der Waals surface area contributed by atoms with Crippen molar-refractivity contribution in [1.82, 2.24) is 19.7 Å². The van der Waals surface area contributed by atoms with Crippen molar-refractivity contribution in [2.24, 2.45) is 5.92 Å². The molecule has 30 heavy (non-hydrogen) atoms. The van der Waals surface area contributed by atoms with Gasteiger partial charge in [-0.25, -0.2) is 4.98 Å². The Morgan fingerprint density at radius 1 is 1.13 bits per heavy atom. The Bertz CT molecular complexity index is 1220. The smallest absolute Gasteiger partial charge is 0.262 e. The Kier molecular flexibility index (Phi) is 6.34. The highest BCUT2D eigenvalue weighted by Gasteiger charge is 2.15. The Balaban J connectivity index is 1.57. The summed E-state index contributed by atoms with van der Waals surface area (Å²) in [6.45, 7) is 4.76. The van der Waals surface area contributed by atoms with Gasteiger partial charge in [0, 0.05) is 17.4 Å². The van der Waals surface area contributed by atoms with Crippen LogP contribution in [0.25, 0.3) is 10.9 Å². The highest BCUT2D eigenvalue weighted by Crippen LogP contribution is 2.24. The Labute approximate surface area is 186 Å². The molecule has 0 spiro atoms. The third-order valence-corrected chi connectivity index (χ3v) is 5.92. The van der Waals surface area contributed by atoms with Crippen LogP contribution in [0, 0.1) is 5.92 Å². The van der Waals surface area contributed by atoms with Gasteiger partial charge >= 0.3 is 0 Å². The molecular weight excluding hydrogens is 464 g/mol. The summed E-state index contributed by atoms with van der Waals surface area (Å²) >= 11 is 4.88. The number of rotatable bonds is 7. The largest absolute Gasteiger partial charge is 0.338 e. The van der Waals surface area contributed by atoms with E-state index in [4.69, 9.17) is 9.51 Å². The highest BCUT2D eigenvalue weighted by atomic mass is 79.9. The van der Waals surface area contributed by atoms with E-state index in [9.17, 15) is 4.79 Å². The predicted octanol–water partition coefficient (Wildman–Crippen LogP) is 5.08. The maximum atomic E-state index is 13.1. The Morgan fingerprint density at radius 3 is 2.70 bits per heavy atom. The third kappa shape index (κ3) is 4.82. The molecule has 2 heterocycles. The molecule has 0 N–H and O–H groups in total. The van der Waals surface area contributed by atoms with E-state index < -0.39 is 0 Å². The summed E-state index contributed by atoms with van der Waals surface area (Å²) in [6.07, 6.45) is 0.621. The Morgan fingerprint density at radius 2 is 1.93 bits per heavy atom. The number of nitrogens with zero attached hydrogens (tertiary/aromatic N) is 4. The first-order valence-electron chi connectivity index (χ1n) is 9.68. The van der Waals surface area contributed by atoms with E-state index in [0.717, 1.165) is 10.0 Å². The molecule has 0 aliphatic heterocycles. The van der Waals surface area contributed by atoms with E-state index >= 15 is 0 Å². The summed E-state index contributed by atoms with van der Waals surface area (Å²) in [5.41, 5.74) is 1.78. The van der Waals surface area contributed by atoms with Crippen molar-refractivity contribution in [2.45, 2.75) is 37.7 Å². The SMILES string of the molecule is CC(C)Cn1c(SCc2nc(Cc3ccccc3)no2)nc2ccc(Br)cc2c1=O. The van der Waals surface area contributed by atoms with E-state index in [2.05, 4.69) is 39.9 Å². The third-order valence-electron chi connectivity index (χ3n) is 4.47. The second-order valence-electron chi connectivity index (χ2n) is 7.42. The van der Waals surface area contributed by atoms with Crippen molar-refractivity contribution < 1.29 is 4.52 Å². The molecule has 0 radical (unpaired) electrons. The minimum absolute atomic E-state index is 0.0344. The summed E-state index contributed by atoms with van der Waals surface area (Å²) in [5, 5.41) is 5.35. The molecule has 0 aliphatic carbocycles. The van der Waals surface area contributed by atoms with Gasteiger partial charge in [-0.2, -0.15) is 4.98 Å². The first-order valence-corrected chi connectivity index (χ1v) is 11.5. The molecule has 4 aromatic rings. The fourth-order valence-electron chi connectivity index (χ4n) is 3.13. The Hall–Kier alpha value is -2.45. The van der Waals surface area contributed by atoms with E-state index in [1.807, 2.05) is 48.5 Å². The van der Waals surface area contributed by atoms with Crippen molar-refractivity contribution in [3.63, 3.8) is 0 Å². The van der Waals surface area contributed by atoms with Crippen LogP contribution >= 0.6 is 27.7 Å². The maximum absolute atomic E-state index is 13.1.